The van der Waals surface area contributed by atoms with Crippen molar-refractivity contribution in [2.24, 2.45) is 0 Å². The van der Waals surface area contributed by atoms with E-state index in [2.05, 4.69) is 5.32 Å². The number of carbonyl (C=O) groups is 1. The summed E-state index contributed by atoms with van der Waals surface area (Å²) < 4.78 is 13.1. The molecule has 2 aromatic rings. The summed E-state index contributed by atoms with van der Waals surface area (Å²) in [6.45, 7) is 0. The van der Waals surface area contributed by atoms with E-state index < -0.39 is 17.8 Å². The maximum atomic E-state index is 13.1. The normalized spacial score (nSPS) is 11.9. The van der Waals surface area contributed by atoms with Crippen molar-refractivity contribution < 1.29 is 14.3 Å². The van der Waals surface area contributed by atoms with Gasteiger partial charge in [0.05, 0.1) is 5.02 Å². The molecule has 0 saturated carbocycles. The second-order valence-electron chi connectivity index (χ2n) is 3.96. The summed E-state index contributed by atoms with van der Waals surface area (Å²) in [5, 5.41) is 12.0. The molecule has 3 nitrogen and oxygen atoms in total. The minimum atomic E-state index is -1.06. The molecule has 0 saturated heterocycles. The van der Waals surface area contributed by atoms with Crippen LogP contribution in [0.25, 0.3) is 0 Å². The molecule has 0 amide bonds. The van der Waals surface area contributed by atoms with Crippen molar-refractivity contribution in [3.63, 3.8) is 0 Å². The molecule has 0 radical (unpaired) electrons. The lowest BCUT2D eigenvalue weighted by atomic mass is 10.1. The molecule has 0 aliphatic rings. The first-order valence-electron chi connectivity index (χ1n) is 5.57. The zero-order valence-electron chi connectivity index (χ0n) is 9.81. The van der Waals surface area contributed by atoms with Crippen LogP contribution in [0.4, 0.5) is 10.1 Å². The van der Waals surface area contributed by atoms with Crippen LogP contribution in [0.2, 0.25) is 5.02 Å². The van der Waals surface area contributed by atoms with E-state index in [1.807, 2.05) is 6.07 Å². The van der Waals surface area contributed by atoms with Crippen LogP contribution >= 0.6 is 11.6 Å². The lowest BCUT2D eigenvalue weighted by Crippen LogP contribution is -2.20. The fraction of sp³-hybridized carbons (Fsp3) is 0.0714. The first-order valence-corrected chi connectivity index (χ1v) is 5.95. The third-order valence-electron chi connectivity index (χ3n) is 2.61. The zero-order valence-corrected chi connectivity index (χ0v) is 10.6. The van der Waals surface area contributed by atoms with Crippen LogP contribution in [0.5, 0.6) is 0 Å². The molecule has 0 aromatic heterocycles. The van der Waals surface area contributed by atoms with Crippen molar-refractivity contribution in [1.82, 2.24) is 0 Å². The third kappa shape index (κ3) is 3.23. The van der Waals surface area contributed by atoms with E-state index in [0.29, 0.717) is 11.3 Å². The van der Waals surface area contributed by atoms with Gasteiger partial charge in [0.2, 0.25) is 0 Å². The first kappa shape index (κ1) is 13.4. The molecule has 0 heterocycles. The first-order chi connectivity index (χ1) is 9.08. The largest absolute Gasteiger partial charge is 0.479 e. The van der Waals surface area contributed by atoms with Crippen molar-refractivity contribution in [1.29, 1.82) is 0 Å². The lowest BCUT2D eigenvalue weighted by Gasteiger charge is -2.16. The summed E-state index contributed by atoms with van der Waals surface area (Å²) in [5.74, 6) is -1.64. The number of nitrogens with one attached hydrogen (secondary N) is 1. The minimum Gasteiger partial charge on any atom is -0.479 e. The van der Waals surface area contributed by atoms with Gasteiger partial charge in [-0.2, -0.15) is 0 Å². The monoisotopic (exact) mass is 279 g/mol. The minimum absolute atomic E-state index is 0.0985. The average Bonchev–Trinajstić information content (AvgIpc) is 2.40. The maximum Gasteiger partial charge on any atom is 0.330 e. The van der Waals surface area contributed by atoms with Gasteiger partial charge < -0.3 is 10.4 Å². The second kappa shape index (κ2) is 5.71. The predicted octanol–water partition coefficient (Wildman–Crippen LogP) is 3.72. The van der Waals surface area contributed by atoms with Gasteiger partial charge in [-0.3, -0.25) is 0 Å². The molecule has 1 atom stereocenters. The number of benzene rings is 2. The van der Waals surface area contributed by atoms with Crippen molar-refractivity contribution in [3.8, 4) is 0 Å². The summed E-state index contributed by atoms with van der Waals surface area (Å²) in [7, 11) is 0. The molecule has 0 aliphatic heterocycles. The molecule has 0 spiro atoms. The summed E-state index contributed by atoms with van der Waals surface area (Å²) in [6.07, 6.45) is 0. The fourth-order valence-corrected chi connectivity index (χ4v) is 1.87. The number of rotatable bonds is 4. The zero-order chi connectivity index (χ0) is 13.8. The van der Waals surface area contributed by atoms with Crippen LogP contribution in [-0.4, -0.2) is 11.1 Å². The van der Waals surface area contributed by atoms with Gasteiger partial charge in [0.15, 0.2) is 6.04 Å². The van der Waals surface area contributed by atoms with Crippen LogP contribution < -0.4 is 5.32 Å². The second-order valence-corrected chi connectivity index (χ2v) is 4.36. The molecule has 0 aliphatic carbocycles. The van der Waals surface area contributed by atoms with Gasteiger partial charge in [0.1, 0.15) is 5.82 Å². The SMILES string of the molecule is O=C(O)C(Nc1ccccc1)c1ccc(F)c(Cl)c1. The van der Waals surface area contributed by atoms with Gasteiger partial charge in [0, 0.05) is 5.69 Å². The molecule has 19 heavy (non-hydrogen) atoms. The van der Waals surface area contributed by atoms with Crippen molar-refractivity contribution >= 4 is 23.3 Å². The van der Waals surface area contributed by atoms with E-state index in [1.165, 1.54) is 12.1 Å². The summed E-state index contributed by atoms with van der Waals surface area (Å²) >= 11 is 5.67. The summed E-state index contributed by atoms with van der Waals surface area (Å²) in [4.78, 5) is 11.3. The van der Waals surface area contributed by atoms with Crippen molar-refractivity contribution in [2.75, 3.05) is 5.32 Å². The number of para-hydroxylation sites is 1. The number of aliphatic carboxylic acids is 1. The molecule has 5 heteroatoms. The van der Waals surface area contributed by atoms with Gasteiger partial charge >= 0.3 is 5.97 Å². The van der Waals surface area contributed by atoms with Gasteiger partial charge in [-0.15, -0.1) is 0 Å². The molecular weight excluding hydrogens is 269 g/mol. The van der Waals surface area contributed by atoms with Crippen molar-refractivity contribution in [2.45, 2.75) is 6.04 Å². The number of hydrogen-bond donors (Lipinski definition) is 2. The molecule has 2 rings (SSSR count). The van der Waals surface area contributed by atoms with E-state index in [9.17, 15) is 14.3 Å². The highest BCUT2D eigenvalue weighted by atomic mass is 35.5. The van der Waals surface area contributed by atoms with Crippen LogP contribution in [0.15, 0.2) is 48.5 Å². The van der Waals surface area contributed by atoms with Crippen molar-refractivity contribution in [3.05, 3.63) is 64.9 Å². The van der Waals surface area contributed by atoms with Gasteiger partial charge in [-0.05, 0) is 29.8 Å². The number of hydrogen-bond acceptors (Lipinski definition) is 2. The van der Waals surface area contributed by atoms with E-state index in [-0.39, 0.29) is 5.02 Å². The van der Waals surface area contributed by atoms with Crippen LogP contribution in [0.1, 0.15) is 11.6 Å². The Hall–Kier alpha value is -2.07. The molecule has 0 fully saturated rings. The number of carboxylic acids is 1. The maximum absolute atomic E-state index is 13.1. The smallest absolute Gasteiger partial charge is 0.330 e. The van der Waals surface area contributed by atoms with E-state index in [0.717, 1.165) is 6.07 Å². The van der Waals surface area contributed by atoms with Gasteiger partial charge in [-0.25, -0.2) is 9.18 Å². The van der Waals surface area contributed by atoms with E-state index >= 15 is 0 Å². The third-order valence-corrected chi connectivity index (χ3v) is 2.90. The van der Waals surface area contributed by atoms with Gasteiger partial charge in [0.25, 0.3) is 0 Å². The Bertz CT molecular complexity index is 589. The lowest BCUT2D eigenvalue weighted by molar-refractivity contribution is -0.138. The Morgan fingerprint density at radius 2 is 1.89 bits per heavy atom. The average molecular weight is 280 g/mol. The van der Waals surface area contributed by atoms with Crippen LogP contribution in [0.3, 0.4) is 0 Å². The van der Waals surface area contributed by atoms with E-state index in [4.69, 9.17) is 11.6 Å². The summed E-state index contributed by atoms with van der Waals surface area (Å²) in [5.41, 5.74) is 1.05. The molecule has 0 bridgehead atoms. The highest BCUT2D eigenvalue weighted by Gasteiger charge is 2.20. The number of halogens is 2. The topological polar surface area (TPSA) is 49.3 Å². The Labute approximate surface area is 114 Å². The predicted molar refractivity (Wildman–Crippen MR) is 71.9 cm³/mol. The molecule has 2 N–H and O–H groups in total. The van der Waals surface area contributed by atoms with Crippen LogP contribution in [0, 0.1) is 5.82 Å². The number of carboxylic acid groups (broad SMARTS) is 1. The molecule has 2 aromatic carbocycles. The Morgan fingerprint density at radius 3 is 2.47 bits per heavy atom. The quantitative estimate of drug-likeness (QED) is 0.897. The van der Waals surface area contributed by atoms with Crippen LogP contribution in [-0.2, 0) is 4.79 Å². The molecule has 1 unspecified atom stereocenters. The fourth-order valence-electron chi connectivity index (χ4n) is 1.68. The standard InChI is InChI=1S/C14H11ClFNO2/c15-11-8-9(6-7-12(11)16)13(14(18)19)17-10-4-2-1-3-5-10/h1-8,13,17H,(H,18,19). The summed E-state index contributed by atoms with van der Waals surface area (Å²) in [6, 6.07) is 11.8. The molecular formula is C14H11ClFNO2. The Balaban J connectivity index is 2.30. The highest BCUT2D eigenvalue weighted by molar-refractivity contribution is 6.30. The van der Waals surface area contributed by atoms with E-state index in [1.54, 1.807) is 24.3 Å². The Kier molecular flexibility index (Phi) is 4.02. The number of anilines is 1. The Morgan fingerprint density at radius 1 is 1.21 bits per heavy atom. The highest BCUT2D eigenvalue weighted by Crippen LogP contribution is 2.24. The van der Waals surface area contributed by atoms with Gasteiger partial charge in [-0.1, -0.05) is 35.9 Å². The molecule has 98 valence electrons.